The molecule has 1 heterocycles. The molecular formula is C10H15NO3. The third-order valence-corrected chi connectivity index (χ3v) is 3.63. The fourth-order valence-corrected chi connectivity index (χ4v) is 2.82. The molecule has 0 aromatic heterocycles. The van der Waals surface area contributed by atoms with Gasteiger partial charge in [0.25, 0.3) is 0 Å². The van der Waals surface area contributed by atoms with E-state index in [2.05, 4.69) is 0 Å². The molecule has 1 aliphatic heterocycles. The van der Waals surface area contributed by atoms with Gasteiger partial charge in [0.1, 0.15) is 0 Å². The molecule has 3 unspecified atom stereocenters. The average molecular weight is 197 g/mol. The van der Waals surface area contributed by atoms with Crippen molar-refractivity contribution < 1.29 is 14.7 Å². The number of nitrogens with zero attached hydrogens (tertiary/aromatic N) is 1. The Morgan fingerprint density at radius 1 is 1.43 bits per heavy atom. The van der Waals surface area contributed by atoms with Crippen molar-refractivity contribution in [3.63, 3.8) is 0 Å². The molecule has 0 aromatic carbocycles. The quantitative estimate of drug-likeness (QED) is 0.668. The van der Waals surface area contributed by atoms with Crippen molar-refractivity contribution in [2.24, 2.45) is 17.8 Å². The first-order chi connectivity index (χ1) is 6.61. The maximum atomic E-state index is 11.7. The molecule has 3 atom stereocenters. The number of carbonyl (C=O) groups excluding carboxylic acids is 1. The van der Waals surface area contributed by atoms with Gasteiger partial charge in [-0.1, -0.05) is 0 Å². The lowest BCUT2D eigenvalue weighted by atomic mass is 9.83. The van der Waals surface area contributed by atoms with Crippen molar-refractivity contribution in [1.29, 1.82) is 0 Å². The highest BCUT2D eigenvalue weighted by atomic mass is 16.4. The molecule has 1 saturated heterocycles. The topological polar surface area (TPSA) is 57.6 Å². The zero-order valence-corrected chi connectivity index (χ0v) is 8.27. The van der Waals surface area contributed by atoms with Crippen LogP contribution in [0.3, 0.4) is 0 Å². The number of hydrogen-bond donors (Lipinski definition) is 1. The molecule has 78 valence electrons. The second kappa shape index (κ2) is 3.26. The number of hydrogen-bond acceptors (Lipinski definition) is 2. The van der Waals surface area contributed by atoms with Crippen LogP contribution in [0, 0.1) is 17.8 Å². The molecule has 2 aliphatic rings. The average Bonchev–Trinajstić information content (AvgIpc) is 2.55. The summed E-state index contributed by atoms with van der Waals surface area (Å²) in [6.45, 7) is 0.712. The molecule has 4 heteroatoms. The maximum Gasteiger partial charge on any atom is 0.306 e. The second-order valence-electron chi connectivity index (χ2n) is 4.34. The Hall–Kier alpha value is -1.06. The number of amides is 1. The summed E-state index contributed by atoms with van der Waals surface area (Å²) < 4.78 is 0. The molecule has 4 nitrogen and oxygen atoms in total. The van der Waals surface area contributed by atoms with Crippen molar-refractivity contribution >= 4 is 11.9 Å². The Kier molecular flexibility index (Phi) is 2.21. The van der Waals surface area contributed by atoms with Crippen molar-refractivity contribution in [3.8, 4) is 0 Å². The van der Waals surface area contributed by atoms with Crippen LogP contribution in [0.2, 0.25) is 0 Å². The Morgan fingerprint density at radius 3 is 2.79 bits per heavy atom. The Balaban J connectivity index is 2.15. The zero-order chi connectivity index (χ0) is 10.3. The van der Waals surface area contributed by atoms with E-state index in [4.69, 9.17) is 5.11 Å². The van der Waals surface area contributed by atoms with Gasteiger partial charge < -0.3 is 10.0 Å². The number of carbonyl (C=O) groups is 2. The molecule has 0 radical (unpaired) electrons. The van der Waals surface area contributed by atoms with Gasteiger partial charge in [0.15, 0.2) is 0 Å². The van der Waals surface area contributed by atoms with Crippen LogP contribution >= 0.6 is 0 Å². The predicted molar refractivity (Wildman–Crippen MR) is 49.6 cm³/mol. The minimum absolute atomic E-state index is 0.0187. The summed E-state index contributed by atoms with van der Waals surface area (Å²) in [7, 11) is 1.80. The maximum absolute atomic E-state index is 11.7. The normalized spacial score (nSPS) is 37.1. The molecule has 14 heavy (non-hydrogen) atoms. The smallest absolute Gasteiger partial charge is 0.306 e. The van der Waals surface area contributed by atoms with E-state index in [1.807, 2.05) is 0 Å². The fraction of sp³-hybridized carbons (Fsp3) is 0.800. The van der Waals surface area contributed by atoms with Crippen LogP contribution in [0.15, 0.2) is 0 Å². The van der Waals surface area contributed by atoms with E-state index >= 15 is 0 Å². The van der Waals surface area contributed by atoms with Gasteiger partial charge in [0.2, 0.25) is 5.91 Å². The third-order valence-electron chi connectivity index (χ3n) is 3.63. The lowest BCUT2D eigenvalue weighted by Gasteiger charge is -2.33. The Morgan fingerprint density at radius 2 is 2.14 bits per heavy atom. The number of carboxylic acid groups (broad SMARTS) is 1. The van der Waals surface area contributed by atoms with E-state index in [0.29, 0.717) is 13.0 Å². The third kappa shape index (κ3) is 1.29. The first-order valence-corrected chi connectivity index (χ1v) is 5.09. The van der Waals surface area contributed by atoms with E-state index in [0.717, 1.165) is 12.8 Å². The molecule has 1 saturated carbocycles. The Bertz CT molecular complexity index is 277. The molecule has 1 aliphatic carbocycles. The van der Waals surface area contributed by atoms with Gasteiger partial charge in [-0.15, -0.1) is 0 Å². The van der Waals surface area contributed by atoms with Gasteiger partial charge in [-0.3, -0.25) is 9.59 Å². The zero-order valence-electron chi connectivity index (χ0n) is 8.27. The fourth-order valence-electron chi connectivity index (χ4n) is 2.82. The van der Waals surface area contributed by atoms with Crippen molar-refractivity contribution in [2.45, 2.75) is 19.3 Å². The number of rotatable bonds is 1. The van der Waals surface area contributed by atoms with E-state index < -0.39 is 5.97 Å². The van der Waals surface area contributed by atoms with E-state index in [1.54, 1.807) is 11.9 Å². The lowest BCUT2D eigenvalue weighted by molar-refractivity contribution is -0.146. The SMILES string of the molecule is CN1CCC2C(C(=O)O)CCC2C1=O. The summed E-state index contributed by atoms with van der Waals surface area (Å²) in [6.07, 6.45) is 2.28. The largest absolute Gasteiger partial charge is 0.481 e. The molecule has 2 fully saturated rings. The molecule has 0 aromatic rings. The predicted octanol–water partition coefficient (Wildman–Crippen LogP) is 0.575. The first-order valence-electron chi connectivity index (χ1n) is 5.09. The van der Waals surface area contributed by atoms with E-state index in [-0.39, 0.29) is 23.7 Å². The van der Waals surface area contributed by atoms with E-state index in [1.165, 1.54) is 0 Å². The minimum atomic E-state index is -0.727. The van der Waals surface area contributed by atoms with Gasteiger partial charge in [-0.05, 0) is 25.2 Å². The van der Waals surface area contributed by atoms with Crippen LogP contribution in [0.25, 0.3) is 0 Å². The molecule has 0 bridgehead atoms. The first kappa shape index (κ1) is 9.49. The molecule has 0 spiro atoms. The van der Waals surface area contributed by atoms with Gasteiger partial charge >= 0.3 is 5.97 Å². The molecule has 2 rings (SSSR count). The molecular weight excluding hydrogens is 182 g/mol. The lowest BCUT2D eigenvalue weighted by Crippen LogP contribution is -2.43. The van der Waals surface area contributed by atoms with Crippen LogP contribution in [0.1, 0.15) is 19.3 Å². The number of carboxylic acids is 1. The van der Waals surface area contributed by atoms with Crippen LogP contribution in [-0.4, -0.2) is 35.5 Å². The number of fused-ring (bicyclic) bond motifs is 1. The van der Waals surface area contributed by atoms with E-state index in [9.17, 15) is 9.59 Å². The van der Waals surface area contributed by atoms with Crippen molar-refractivity contribution in [1.82, 2.24) is 4.90 Å². The monoisotopic (exact) mass is 197 g/mol. The van der Waals surface area contributed by atoms with Crippen molar-refractivity contribution in [2.75, 3.05) is 13.6 Å². The van der Waals surface area contributed by atoms with Gasteiger partial charge in [0.05, 0.1) is 5.92 Å². The number of piperidine rings is 1. The summed E-state index contributed by atoms with van der Waals surface area (Å²) in [5, 5.41) is 8.98. The summed E-state index contributed by atoms with van der Waals surface area (Å²) in [6, 6.07) is 0. The number of likely N-dealkylation sites (tertiary alicyclic amines) is 1. The van der Waals surface area contributed by atoms with Gasteiger partial charge in [-0.2, -0.15) is 0 Å². The van der Waals surface area contributed by atoms with Gasteiger partial charge in [0, 0.05) is 19.5 Å². The van der Waals surface area contributed by atoms with Crippen LogP contribution < -0.4 is 0 Å². The summed E-state index contributed by atoms with van der Waals surface area (Å²) in [4.78, 5) is 24.4. The minimum Gasteiger partial charge on any atom is -0.481 e. The standard InChI is InChI=1S/C10H15NO3/c1-11-5-4-6-7(9(11)12)2-3-8(6)10(13)14/h6-8H,2-5H2,1H3,(H,13,14). The highest BCUT2D eigenvalue weighted by Gasteiger charge is 2.46. The summed E-state index contributed by atoms with van der Waals surface area (Å²) >= 11 is 0. The number of aliphatic carboxylic acids is 1. The van der Waals surface area contributed by atoms with Crippen LogP contribution in [0.4, 0.5) is 0 Å². The molecule has 1 N–H and O–H groups in total. The summed E-state index contributed by atoms with van der Waals surface area (Å²) in [5.41, 5.74) is 0. The highest BCUT2D eigenvalue weighted by Crippen LogP contribution is 2.42. The van der Waals surface area contributed by atoms with Crippen LogP contribution in [0.5, 0.6) is 0 Å². The van der Waals surface area contributed by atoms with Crippen molar-refractivity contribution in [3.05, 3.63) is 0 Å². The second-order valence-corrected chi connectivity index (χ2v) is 4.34. The van der Waals surface area contributed by atoms with Gasteiger partial charge in [-0.25, -0.2) is 0 Å². The molecule has 1 amide bonds. The Labute approximate surface area is 82.9 Å². The van der Waals surface area contributed by atoms with Crippen LogP contribution in [-0.2, 0) is 9.59 Å². The summed E-state index contributed by atoms with van der Waals surface area (Å²) in [5.74, 6) is -0.788. The highest BCUT2D eigenvalue weighted by molar-refractivity contribution is 5.82.